The van der Waals surface area contributed by atoms with Gasteiger partial charge in [0.25, 0.3) is 5.91 Å². The third-order valence-electron chi connectivity index (χ3n) is 6.43. The van der Waals surface area contributed by atoms with Crippen molar-refractivity contribution in [2.24, 2.45) is 23.5 Å². The van der Waals surface area contributed by atoms with Crippen LogP contribution >= 0.6 is 0 Å². The minimum Gasteiger partial charge on any atom is -0.511 e. The fourth-order valence-electron chi connectivity index (χ4n) is 5.21. The standard InChI is InChI=1S/C22H23NO6/c1-8(2)11-3-4-13(24)17-12(11)6-9-5-10-7-14(25)18(22(23)29)21(28)16(10)19(26)15(9)20(17)27/h3-4,8-10,16,24,27-28H,5-7H2,1-2H3,(H2,23,29)/t9?,10-,16?/m0/s1. The highest BCUT2D eigenvalue weighted by atomic mass is 16.3. The lowest BCUT2D eigenvalue weighted by Crippen LogP contribution is -2.44. The highest BCUT2D eigenvalue weighted by Gasteiger charge is 2.50. The molecular formula is C22H23NO6. The van der Waals surface area contributed by atoms with Crippen LogP contribution in [0.5, 0.6) is 5.75 Å². The smallest absolute Gasteiger partial charge is 0.255 e. The lowest BCUT2D eigenvalue weighted by molar-refractivity contribution is -0.127. The van der Waals surface area contributed by atoms with Crippen molar-refractivity contribution < 1.29 is 29.7 Å². The van der Waals surface area contributed by atoms with E-state index in [9.17, 15) is 29.7 Å². The number of aromatic hydroxyl groups is 1. The van der Waals surface area contributed by atoms with E-state index in [0.717, 1.165) is 11.1 Å². The zero-order valence-electron chi connectivity index (χ0n) is 16.2. The maximum Gasteiger partial charge on any atom is 0.255 e. The third-order valence-corrected chi connectivity index (χ3v) is 6.43. The second-order valence-corrected chi connectivity index (χ2v) is 8.43. The Morgan fingerprint density at radius 2 is 1.83 bits per heavy atom. The Morgan fingerprint density at radius 3 is 2.45 bits per heavy atom. The van der Waals surface area contributed by atoms with Crippen molar-refractivity contribution in [3.8, 4) is 5.75 Å². The molecule has 7 heteroatoms. The summed E-state index contributed by atoms with van der Waals surface area (Å²) in [6, 6.07) is 3.33. The molecule has 0 aromatic heterocycles. The summed E-state index contributed by atoms with van der Waals surface area (Å²) < 4.78 is 0. The maximum atomic E-state index is 13.3. The van der Waals surface area contributed by atoms with Crippen molar-refractivity contribution in [2.75, 3.05) is 0 Å². The number of benzene rings is 1. The molecule has 3 aliphatic rings. The number of hydrogen-bond acceptors (Lipinski definition) is 6. The van der Waals surface area contributed by atoms with Crippen LogP contribution < -0.4 is 5.73 Å². The number of rotatable bonds is 2. The van der Waals surface area contributed by atoms with Gasteiger partial charge in [-0.25, -0.2) is 0 Å². The number of phenols is 1. The second kappa shape index (κ2) is 6.47. The number of primary amides is 1. The van der Waals surface area contributed by atoms with E-state index in [0.29, 0.717) is 12.8 Å². The first kappa shape index (κ1) is 19.2. The molecule has 0 aliphatic heterocycles. The molecule has 0 heterocycles. The summed E-state index contributed by atoms with van der Waals surface area (Å²) in [6.07, 6.45) is 0.810. The molecule has 3 aliphatic carbocycles. The predicted molar refractivity (Wildman–Crippen MR) is 104 cm³/mol. The number of allylic oxidation sites excluding steroid dienone is 2. The Labute approximate surface area is 167 Å². The lowest BCUT2D eigenvalue weighted by Gasteiger charge is -2.41. The minimum absolute atomic E-state index is 0.0484. The van der Waals surface area contributed by atoms with Crippen molar-refractivity contribution >= 4 is 23.2 Å². The van der Waals surface area contributed by atoms with Gasteiger partial charge in [0.1, 0.15) is 22.8 Å². The van der Waals surface area contributed by atoms with Crippen molar-refractivity contribution in [3.05, 3.63) is 45.7 Å². The summed E-state index contributed by atoms with van der Waals surface area (Å²) >= 11 is 0. The van der Waals surface area contributed by atoms with Crippen molar-refractivity contribution in [2.45, 2.75) is 39.0 Å². The van der Waals surface area contributed by atoms with Crippen molar-refractivity contribution in [1.82, 2.24) is 0 Å². The molecule has 0 bridgehead atoms. The van der Waals surface area contributed by atoms with Crippen LogP contribution in [0.3, 0.4) is 0 Å². The number of phenolic OH excluding ortho intramolecular Hbond substituents is 1. The Hall–Kier alpha value is -3.09. The van der Waals surface area contributed by atoms with E-state index in [-0.39, 0.29) is 40.9 Å². The van der Waals surface area contributed by atoms with Crippen LogP contribution in [0.15, 0.2) is 29.0 Å². The first-order valence-electron chi connectivity index (χ1n) is 9.72. The topological polar surface area (TPSA) is 138 Å². The van der Waals surface area contributed by atoms with Crippen molar-refractivity contribution in [1.29, 1.82) is 0 Å². The van der Waals surface area contributed by atoms with Crippen LogP contribution in [-0.2, 0) is 20.8 Å². The number of carbonyl (C=O) groups is 3. The van der Waals surface area contributed by atoms with Gasteiger partial charge in [0.2, 0.25) is 0 Å². The molecule has 1 amide bonds. The number of ketones is 2. The maximum absolute atomic E-state index is 13.3. The minimum atomic E-state index is -1.08. The van der Waals surface area contributed by atoms with E-state index in [2.05, 4.69) is 0 Å². The molecule has 7 nitrogen and oxygen atoms in total. The van der Waals surface area contributed by atoms with E-state index in [4.69, 9.17) is 5.73 Å². The molecule has 2 unspecified atom stereocenters. The molecule has 1 saturated carbocycles. The highest BCUT2D eigenvalue weighted by Crippen LogP contribution is 2.51. The molecule has 152 valence electrons. The monoisotopic (exact) mass is 397 g/mol. The second-order valence-electron chi connectivity index (χ2n) is 8.43. The summed E-state index contributed by atoms with van der Waals surface area (Å²) in [4.78, 5) is 37.2. The number of nitrogens with two attached hydrogens (primary N) is 1. The number of fused-ring (bicyclic) bond motifs is 3. The Balaban J connectivity index is 1.89. The molecule has 0 radical (unpaired) electrons. The third kappa shape index (κ3) is 2.68. The van der Waals surface area contributed by atoms with Crippen LogP contribution in [0.1, 0.15) is 49.3 Å². The largest absolute Gasteiger partial charge is 0.511 e. The molecular weight excluding hydrogens is 374 g/mol. The van der Waals surface area contributed by atoms with E-state index < -0.39 is 40.6 Å². The lowest BCUT2D eigenvalue weighted by atomic mass is 9.61. The van der Waals surface area contributed by atoms with Crippen LogP contribution in [-0.4, -0.2) is 32.8 Å². The summed E-state index contributed by atoms with van der Waals surface area (Å²) in [5.41, 5.74) is 6.86. The summed E-state index contributed by atoms with van der Waals surface area (Å²) in [5.74, 6) is -4.85. The molecule has 29 heavy (non-hydrogen) atoms. The van der Waals surface area contributed by atoms with E-state index in [1.54, 1.807) is 0 Å². The number of carbonyl (C=O) groups excluding carboxylic acids is 3. The SMILES string of the molecule is CC(C)c1ccc(O)c2c1CC1C[C@H]3CC(=O)C(C(N)=O)=C(O)C3C(=O)C1=C2O. The number of aliphatic hydroxyl groups is 2. The molecule has 0 saturated heterocycles. The van der Waals surface area contributed by atoms with E-state index in [1.807, 2.05) is 19.9 Å². The fraction of sp³-hybridized carbons (Fsp3) is 0.409. The van der Waals surface area contributed by atoms with Crippen LogP contribution in [0, 0.1) is 17.8 Å². The zero-order chi connectivity index (χ0) is 21.2. The molecule has 5 N–H and O–H groups in total. The number of hydrogen-bond donors (Lipinski definition) is 4. The summed E-state index contributed by atoms with van der Waals surface area (Å²) in [6.45, 7) is 4.03. The van der Waals surface area contributed by atoms with Crippen LogP contribution in [0.4, 0.5) is 0 Å². The molecule has 1 fully saturated rings. The Bertz CT molecular complexity index is 1030. The van der Waals surface area contributed by atoms with Gasteiger partial charge in [-0.05, 0) is 47.8 Å². The number of Topliss-reactive ketones (excluding diaryl/α,β-unsaturated/α-hetero) is 2. The van der Waals surface area contributed by atoms with Gasteiger partial charge in [0, 0.05) is 12.0 Å². The van der Waals surface area contributed by atoms with Gasteiger partial charge in [0.15, 0.2) is 11.6 Å². The Kier molecular flexibility index (Phi) is 4.29. The van der Waals surface area contributed by atoms with Gasteiger partial charge in [0.05, 0.1) is 11.5 Å². The number of aliphatic hydroxyl groups excluding tert-OH is 2. The van der Waals surface area contributed by atoms with Crippen molar-refractivity contribution in [3.63, 3.8) is 0 Å². The fourth-order valence-corrected chi connectivity index (χ4v) is 5.21. The molecule has 4 rings (SSSR count). The first-order chi connectivity index (χ1) is 13.6. The normalized spacial score (nSPS) is 26.4. The zero-order valence-corrected chi connectivity index (χ0v) is 16.2. The van der Waals surface area contributed by atoms with Gasteiger partial charge < -0.3 is 21.1 Å². The highest BCUT2D eigenvalue weighted by molar-refractivity contribution is 6.21. The molecule has 1 aromatic carbocycles. The van der Waals surface area contributed by atoms with Gasteiger partial charge in [-0.2, -0.15) is 0 Å². The van der Waals surface area contributed by atoms with E-state index in [1.165, 1.54) is 6.07 Å². The predicted octanol–water partition coefficient (Wildman–Crippen LogP) is 2.43. The summed E-state index contributed by atoms with van der Waals surface area (Å²) in [5, 5.41) is 31.8. The molecule has 3 atom stereocenters. The van der Waals surface area contributed by atoms with Crippen LogP contribution in [0.2, 0.25) is 0 Å². The van der Waals surface area contributed by atoms with E-state index >= 15 is 0 Å². The quantitative estimate of drug-likeness (QED) is 0.566. The number of amides is 1. The first-order valence-corrected chi connectivity index (χ1v) is 9.72. The van der Waals surface area contributed by atoms with Gasteiger partial charge in [-0.3, -0.25) is 14.4 Å². The van der Waals surface area contributed by atoms with Gasteiger partial charge >= 0.3 is 0 Å². The molecule has 1 aromatic rings. The average Bonchev–Trinajstić information content (AvgIpc) is 2.60. The Morgan fingerprint density at radius 1 is 1.14 bits per heavy atom. The van der Waals surface area contributed by atoms with Gasteiger partial charge in [-0.15, -0.1) is 0 Å². The average molecular weight is 397 g/mol. The molecule has 0 spiro atoms. The summed E-state index contributed by atoms with van der Waals surface area (Å²) in [7, 11) is 0. The van der Waals surface area contributed by atoms with Gasteiger partial charge in [-0.1, -0.05) is 19.9 Å². The van der Waals surface area contributed by atoms with Crippen LogP contribution in [0.25, 0.3) is 5.76 Å².